The Hall–Kier alpha value is -1.72. The summed E-state index contributed by atoms with van der Waals surface area (Å²) in [4.78, 5) is 0. The third kappa shape index (κ3) is 2.39. The molecule has 0 amide bonds. The molecule has 2 N–H and O–H groups in total. The summed E-state index contributed by atoms with van der Waals surface area (Å²) in [5, 5.41) is 1.07. The highest BCUT2D eigenvalue weighted by molar-refractivity contribution is 5.78. The molecule has 0 bridgehead atoms. The van der Waals surface area contributed by atoms with Crippen molar-refractivity contribution in [3.63, 3.8) is 0 Å². The highest BCUT2D eigenvalue weighted by Gasteiger charge is 2.05. The van der Waals surface area contributed by atoms with Crippen LogP contribution in [0.3, 0.4) is 0 Å². The van der Waals surface area contributed by atoms with E-state index in [1.54, 1.807) is 0 Å². The van der Waals surface area contributed by atoms with Gasteiger partial charge in [0.1, 0.15) is 5.58 Å². The molecule has 0 atom stereocenters. The van der Waals surface area contributed by atoms with Crippen molar-refractivity contribution in [2.24, 2.45) is 5.73 Å². The zero-order valence-electron chi connectivity index (χ0n) is 8.87. The first kappa shape index (κ1) is 9.82. The quantitative estimate of drug-likeness (QED) is 0.662. The van der Waals surface area contributed by atoms with Crippen molar-refractivity contribution in [3.05, 3.63) is 36.1 Å². The van der Waals surface area contributed by atoms with Crippen LogP contribution in [0.15, 0.2) is 34.7 Å². The van der Waals surface area contributed by atoms with Crippen molar-refractivity contribution in [2.75, 3.05) is 0 Å². The molecule has 0 aliphatic carbocycles. The maximum Gasteiger partial charge on any atom is 0.178 e. The summed E-state index contributed by atoms with van der Waals surface area (Å²) in [5.41, 5.74) is 6.13. The molecule has 0 fully saturated rings. The minimum Gasteiger partial charge on any atom is -0.448 e. The molecule has 2 nitrogen and oxygen atoms in total. The van der Waals surface area contributed by atoms with Crippen LogP contribution >= 0.6 is 0 Å². The van der Waals surface area contributed by atoms with Gasteiger partial charge in [-0.2, -0.15) is 0 Å². The van der Waals surface area contributed by atoms with E-state index in [1.165, 1.54) is 0 Å². The summed E-state index contributed by atoms with van der Waals surface area (Å²) < 4.78 is 5.53. The van der Waals surface area contributed by atoms with E-state index in [9.17, 15) is 0 Å². The predicted molar refractivity (Wildman–Crippen MR) is 61.4 cm³/mol. The lowest BCUT2D eigenvalue weighted by Gasteiger charge is -2.06. The molecule has 2 aromatic rings. The molecule has 1 aromatic carbocycles. The Morgan fingerprint density at radius 2 is 2.00 bits per heavy atom. The third-order valence-electron chi connectivity index (χ3n) is 1.93. The lowest BCUT2D eigenvalue weighted by molar-refractivity contribution is 0.599. The van der Waals surface area contributed by atoms with Gasteiger partial charge >= 0.3 is 0 Å². The number of furan rings is 1. The van der Waals surface area contributed by atoms with E-state index in [0.29, 0.717) is 5.76 Å². The van der Waals surface area contributed by atoms with Gasteiger partial charge in [0, 0.05) is 11.5 Å². The van der Waals surface area contributed by atoms with E-state index >= 15 is 0 Å². The molecule has 15 heavy (non-hydrogen) atoms. The smallest absolute Gasteiger partial charge is 0.178 e. The maximum absolute atomic E-state index is 5.76. The van der Waals surface area contributed by atoms with Crippen LogP contribution in [0.1, 0.15) is 19.6 Å². The molecule has 2 heteroatoms. The highest BCUT2D eigenvalue weighted by atomic mass is 16.3. The van der Waals surface area contributed by atoms with Crippen LogP contribution in [0, 0.1) is 11.8 Å². The van der Waals surface area contributed by atoms with Crippen molar-refractivity contribution in [1.29, 1.82) is 0 Å². The van der Waals surface area contributed by atoms with Gasteiger partial charge in [0.05, 0.1) is 5.54 Å². The van der Waals surface area contributed by atoms with Crippen LogP contribution in [0.4, 0.5) is 0 Å². The van der Waals surface area contributed by atoms with Crippen molar-refractivity contribution in [1.82, 2.24) is 0 Å². The molecule has 0 aliphatic heterocycles. The van der Waals surface area contributed by atoms with E-state index in [0.717, 1.165) is 11.0 Å². The molecule has 2 rings (SSSR count). The Bertz CT molecular complexity index is 502. The average molecular weight is 199 g/mol. The lowest BCUT2D eigenvalue weighted by atomic mass is 10.1. The second kappa shape index (κ2) is 3.45. The normalized spacial score (nSPS) is 11.1. The van der Waals surface area contributed by atoms with Gasteiger partial charge < -0.3 is 10.2 Å². The number of nitrogens with two attached hydrogens (primary N) is 1. The fourth-order valence-electron chi connectivity index (χ4n) is 1.27. The first-order valence-corrected chi connectivity index (χ1v) is 4.85. The van der Waals surface area contributed by atoms with E-state index in [4.69, 9.17) is 10.2 Å². The Labute approximate surface area is 89.1 Å². The molecule has 0 spiro atoms. The first-order chi connectivity index (χ1) is 7.04. The lowest BCUT2D eigenvalue weighted by Crippen LogP contribution is -2.29. The minimum atomic E-state index is -0.487. The number of hydrogen-bond acceptors (Lipinski definition) is 2. The topological polar surface area (TPSA) is 39.2 Å². The number of rotatable bonds is 0. The van der Waals surface area contributed by atoms with Gasteiger partial charge in [-0.25, -0.2) is 0 Å². The summed E-state index contributed by atoms with van der Waals surface area (Å²) in [6.45, 7) is 3.73. The summed E-state index contributed by atoms with van der Waals surface area (Å²) in [6.07, 6.45) is 0. The monoisotopic (exact) mass is 199 g/mol. The minimum absolute atomic E-state index is 0.487. The Balaban J connectivity index is 2.41. The molecule has 0 aliphatic rings. The van der Waals surface area contributed by atoms with Gasteiger partial charge in [-0.1, -0.05) is 24.1 Å². The second-order valence-corrected chi connectivity index (χ2v) is 4.12. The second-order valence-electron chi connectivity index (χ2n) is 4.12. The molecule has 0 radical (unpaired) electrons. The molecule has 0 unspecified atom stereocenters. The van der Waals surface area contributed by atoms with Gasteiger partial charge in [-0.15, -0.1) is 0 Å². The highest BCUT2D eigenvalue weighted by Crippen LogP contribution is 2.17. The van der Waals surface area contributed by atoms with Crippen LogP contribution < -0.4 is 5.73 Å². The number of fused-ring (bicyclic) bond motifs is 1. The Morgan fingerprint density at radius 1 is 1.27 bits per heavy atom. The number of benzene rings is 1. The number of hydrogen-bond donors (Lipinski definition) is 1. The summed E-state index contributed by atoms with van der Waals surface area (Å²) in [7, 11) is 0. The summed E-state index contributed by atoms with van der Waals surface area (Å²) >= 11 is 0. The zero-order valence-corrected chi connectivity index (χ0v) is 8.87. The van der Waals surface area contributed by atoms with Crippen molar-refractivity contribution < 1.29 is 4.42 Å². The first-order valence-electron chi connectivity index (χ1n) is 4.85. The molecule has 76 valence electrons. The van der Waals surface area contributed by atoms with E-state index in [2.05, 4.69) is 11.8 Å². The SMILES string of the molecule is CC(C)(N)C#Cc1cc2ccccc2o1. The van der Waals surface area contributed by atoms with Gasteiger partial charge in [-0.05, 0) is 25.8 Å². The largest absolute Gasteiger partial charge is 0.448 e. The van der Waals surface area contributed by atoms with Crippen LogP contribution in [0.5, 0.6) is 0 Å². The number of para-hydroxylation sites is 1. The molecule has 1 heterocycles. The van der Waals surface area contributed by atoms with Crippen molar-refractivity contribution in [3.8, 4) is 11.8 Å². The predicted octanol–water partition coefficient (Wildman–Crippen LogP) is 2.52. The Morgan fingerprint density at radius 3 is 2.67 bits per heavy atom. The molecule has 0 saturated carbocycles. The fraction of sp³-hybridized carbons (Fsp3) is 0.231. The molecule has 1 aromatic heterocycles. The van der Waals surface area contributed by atoms with Gasteiger partial charge in [-0.3, -0.25) is 0 Å². The van der Waals surface area contributed by atoms with Crippen molar-refractivity contribution >= 4 is 11.0 Å². The molecular weight excluding hydrogens is 186 g/mol. The fourth-order valence-corrected chi connectivity index (χ4v) is 1.27. The third-order valence-corrected chi connectivity index (χ3v) is 1.93. The van der Waals surface area contributed by atoms with E-state index in [-0.39, 0.29) is 0 Å². The molecule has 0 saturated heterocycles. The van der Waals surface area contributed by atoms with Gasteiger partial charge in [0.15, 0.2) is 5.76 Å². The van der Waals surface area contributed by atoms with Gasteiger partial charge in [0.2, 0.25) is 0 Å². The van der Waals surface area contributed by atoms with Crippen LogP contribution in [-0.4, -0.2) is 5.54 Å². The van der Waals surface area contributed by atoms with E-state index in [1.807, 2.05) is 44.2 Å². The standard InChI is InChI=1S/C13H13NO/c1-13(2,14)8-7-11-9-10-5-3-4-6-12(10)15-11/h3-6,9H,14H2,1-2H3. The van der Waals surface area contributed by atoms with Crippen LogP contribution in [-0.2, 0) is 0 Å². The summed E-state index contributed by atoms with van der Waals surface area (Å²) in [6, 6.07) is 9.76. The van der Waals surface area contributed by atoms with E-state index < -0.39 is 5.54 Å². The average Bonchev–Trinajstić information content (AvgIpc) is 2.56. The Kier molecular flexibility index (Phi) is 2.26. The summed E-state index contributed by atoms with van der Waals surface area (Å²) in [5.74, 6) is 6.53. The van der Waals surface area contributed by atoms with Gasteiger partial charge in [0.25, 0.3) is 0 Å². The van der Waals surface area contributed by atoms with Crippen LogP contribution in [0.25, 0.3) is 11.0 Å². The van der Waals surface area contributed by atoms with Crippen LogP contribution in [0.2, 0.25) is 0 Å². The zero-order chi connectivity index (χ0) is 10.9. The maximum atomic E-state index is 5.76. The van der Waals surface area contributed by atoms with Crippen molar-refractivity contribution in [2.45, 2.75) is 19.4 Å². The molecular formula is C13H13NO.